The standard InChI is InChI=1S/C13H20ClNOS/c1-16-9-8-15-7-4-10-17-11-12-5-2-3-6-13(12)14/h2-3,5-6,15H,4,7-11H2,1H3. The van der Waals surface area contributed by atoms with Crippen LogP contribution in [0.25, 0.3) is 0 Å². The topological polar surface area (TPSA) is 21.3 Å². The fraction of sp³-hybridized carbons (Fsp3) is 0.538. The van der Waals surface area contributed by atoms with Gasteiger partial charge < -0.3 is 10.1 Å². The fourth-order valence-electron chi connectivity index (χ4n) is 1.40. The molecule has 2 nitrogen and oxygen atoms in total. The summed E-state index contributed by atoms with van der Waals surface area (Å²) in [5.41, 5.74) is 1.23. The molecule has 0 aliphatic rings. The molecule has 0 unspecified atom stereocenters. The third-order valence-corrected chi connectivity index (χ3v) is 3.80. The first-order valence-corrected chi connectivity index (χ1v) is 7.38. The van der Waals surface area contributed by atoms with Gasteiger partial charge in [0.1, 0.15) is 0 Å². The second-order valence-corrected chi connectivity index (χ2v) is 5.25. The van der Waals surface area contributed by atoms with Gasteiger partial charge in [0.15, 0.2) is 0 Å². The van der Waals surface area contributed by atoms with Gasteiger partial charge in [-0.3, -0.25) is 0 Å². The van der Waals surface area contributed by atoms with Crippen molar-refractivity contribution in [2.45, 2.75) is 12.2 Å². The van der Waals surface area contributed by atoms with E-state index in [2.05, 4.69) is 11.4 Å². The van der Waals surface area contributed by atoms with Gasteiger partial charge in [0.25, 0.3) is 0 Å². The SMILES string of the molecule is COCCNCCCSCc1ccccc1Cl. The number of hydrogen-bond acceptors (Lipinski definition) is 3. The van der Waals surface area contributed by atoms with Crippen LogP contribution in [-0.2, 0) is 10.5 Å². The monoisotopic (exact) mass is 273 g/mol. The quantitative estimate of drug-likeness (QED) is 0.698. The third kappa shape index (κ3) is 6.94. The van der Waals surface area contributed by atoms with E-state index in [1.807, 2.05) is 30.0 Å². The van der Waals surface area contributed by atoms with Gasteiger partial charge >= 0.3 is 0 Å². The van der Waals surface area contributed by atoms with Crippen molar-refractivity contribution in [3.8, 4) is 0 Å². The number of ether oxygens (including phenoxy) is 1. The first kappa shape index (κ1) is 14.8. The molecule has 1 aromatic carbocycles. The maximum Gasteiger partial charge on any atom is 0.0587 e. The smallest absolute Gasteiger partial charge is 0.0587 e. The molecule has 0 heterocycles. The summed E-state index contributed by atoms with van der Waals surface area (Å²) in [6.07, 6.45) is 1.18. The van der Waals surface area contributed by atoms with Crippen LogP contribution in [0.3, 0.4) is 0 Å². The Hall–Kier alpha value is -0.220. The average Bonchev–Trinajstić information content (AvgIpc) is 2.35. The molecule has 96 valence electrons. The Labute approximate surface area is 113 Å². The summed E-state index contributed by atoms with van der Waals surface area (Å²) in [5, 5.41) is 4.21. The Morgan fingerprint density at radius 2 is 2.12 bits per heavy atom. The van der Waals surface area contributed by atoms with E-state index in [1.54, 1.807) is 7.11 Å². The zero-order chi connectivity index (χ0) is 12.3. The van der Waals surface area contributed by atoms with E-state index >= 15 is 0 Å². The minimum absolute atomic E-state index is 0.784. The molecule has 0 aromatic heterocycles. The number of halogens is 1. The molecule has 0 aliphatic carbocycles. The number of methoxy groups -OCH3 is 1. The maximum atomic E-state index is 6.08. The third-order valence-electron chi connectivity index (χ3n) is 2.34. The Morgan fingerprint density at radius 1 is 1.29 bits per heavy atom. The zero-order valence-electron chi connectivity index (χ0n) is 10.2. The fourth-order valence-corrected chi connectivity index (χ4v) is 2.64. The highest BCUT2D eigenvalue weighted by Crippen LogP contribution is 2.20. The van der Waals surface area contributed by atoms with Crippen LogP contribution in [0.15, 0.2) is 24.3 Å². The Kier molecular flexibility index (Phi) is 8.53. The number of nitrogens with one attached hydrogen (secondary N) is 1. The highest BCUT2D eigenvalue weighted by Gasteiger charge is 1.98. The molecule has 0 fully saturated rings. The van der Waals surface area contributed by atoms with Crippen LogP contribution >= 0.6 is 23.4 Å². The van der Waals surface area contributed by atoms with Gasteiger partial charge in [-0.2, -0.15) is 11.8 Å². The summed E-state index contributed by atoms with van der Waals surface area (Å²) in [4.78, 5) is 0. The van der Waals surface area contributed by atoms with E-state index in [1.165, 1.54) is 12.0 Å². The van der Waals surface area contributed by atoms with E-state index in [4.69, 9.17) is 16.3 Å². The molecule has 1 aromatic rings. The Morgan fingerprint density at radius 3 is 2.88 bits per heavy atom. The molecule has 0 amide bonds. The van der Waals surface area contributed by atoms with Crippen molar-refractivity contribution in [1.29, 1.82) is 0 Å². The molecule has 0 aliphatic heterocycles. The first-order chi connectivity index (χ1) is 8.34. The van der Waals surface area contributed by atoms with Crippen LogP contribution in [0.2, 0.25) is 5.02 Å². The van der Waals surface area contributed by atoms with E-state index in [0.717, 1.165) is 36.2 Å². The molecule has 0 saturated carbocycles. The number of thioether (sulfide) groups is 1. The normalized spacial score (nSPS) is 10.7. The van der Waals surface area contributed by atoms with Gasteiger partial charge in [-0.05, 0) is 30.3 Å². The second kappa shape index (κ2) is 9.77. The van der Waals surface area contributed by atoms with Gasteiger partial charge in [-0.15, -0.1) is 0 Å². The van der Waals surface area contributed by atoms with Gasteiger partial charge in [0.05, 0.1) is 6.61 Å². The zero-order valence-corrected chi connectivity index (χ0v) is 11.8. The molecule has 0 spiro atoms. The van der Waals surface area contributed by atoms with E-state index in [0.29, 0.717) is 0 Å². The van der Waals surface area contributed by atoms with Crippen molar-refractivity contribution in [1.82, 2.24) is 5.32 Å². The highest BCUT2D eigenvalue weighted by molar-refractivity contribution is 7.98. The molecule has 0 bridgehead atoms. The van der Waals surface area contributed by atoms with Crippen molar-refractivity contribution in [3.05, 3.63) is 34.9 Å². The van der Waals surface area contributed by atoms with Crippen molar-refractivity contribution < 1.29 is 4.74 Å². The predicted molar refractivity (Wildman–Crippen MR) is 77.0 cm³/mol. The van der Waals surface area contributed by atoms with Crippen molar-refractivity contribution in [3.63, 3.8) is 0 Å². The van der Waals surface area contributed by atoms with Crippen LogP contribution in [0.4, 0.5) is 0 Å². The van der Waals surface area contributed by atoms with Crippen molar-refractivity contribution in [2.75, 3.05) is 32.6 Å². The lowest BCUT2D eigenvalue weighted by molar-refractivity contribution is 0.199. The lowest BCUT2D eigenvalue weighted by Gasteiger charge is -2.05. The van der Waals surface area contributed by atoms with Crippen LogP contribution in [0, 0.1) is 0 Å². The summed E-state index contributed by atoms with van der Waals surface area (Å²) in [7, 11) is 1.72. The van der Waals surface area contributed by atoms with Crippen LogP contribution in [0.1, 0.15) is 12.0 Å². The van der Waals surface area contributed by atoms with Gasteiger partial charge in [-0.1, -0.05) is 29.8 Å². The van der Waals surface area contributed by atoms with Crippen LogP contribution in [0.5, 0.6) is 0 Å². The van der Waals surface area contributed by atoms with Gasteiger partial charge in [0, 0.05) is 24.4 Å². The molecule has 17 heavy (non-hydrogen) atoms. The summed E-state index contributed by atoms with van der Waals surface area (Å²) in [5.74, 6) is 2.16. The molecule has 0 radical (unpaired) electrons. The molecule has 0 saturated heterocycles. The number of benzene rings is 1. The van der Waals surface area contributed by atoms with Gasteiger partial charge in [0.2, 0.25) is 0 Å². The Balaban J connectivity index is 1.99. The van der Waals surface area contributed by atoms with E-state index in [9.17, 15) is 0 Å². The van der Waals surface area contributed by atoms with Gasteiger partial charge in [-0.25, -0.2) is 0 Å². The maximum absolute atomic E-state index is 6.08. The average molecular weight is 274 g/mol. The predicted octanol–water partition coefficient (Wildman–Crippen LogP) is 3.20. The molecule has 1 N–H and O–H groups in total. The minimum atomic E-state index is 0.784. The van der Waals surface area contributed by atoms with Crippen LogP contribution < -0.4 is 5.32 Å². The van der Waals surface area contributed by atoms with Crippen LogP contribution in [-0.4, -0.2) is 32.6 Å². The van der Waals surface area contributed by atoms with E-state index in [-0.39, 0.29) is 0 Å². The first-order valence-electron chi connectivity index (χ1n) is 5.85. The van der Waals surface area contributed by atoms with Crippen molar-refractivity contribution >= 4 is 23.4 Å². The van der Waals surface area contributed by atoms with E-state index < -0.39 is 0 Å². The number of rotatable bonds is 9. The van der Waals surface area contributed by atoms with Crippen molar-refractivity contribution in [2.24, 2.45) is 0 Å². The summed E-state index contributed by atoms with van der Waals surface area (Å²) < 4.78 is 4.96. The largest absolute Gasteiger partial charge is 0.383 e. The molecular formula is C13H20ClNOS. The Bertz CT molecular complexity index is 309. The highest BCUT2D eigenvalue weighted by atomic mass is 35.5. The summed E-state index contributed by atoms with van der Waals surface area (Å²) >= 11 is 8.01. The molecule has 0 atom stereocenters. The number of hydrogen-bond donors (Lipinski definition) is 1. The lowest BCUT2D eigenvalue weighted by Crippen LogP contribution is -2.20. The summed E-state index contributed by atoms with van der Waals surface area (Å²) in [6.45, 7) is 2.78. The minimum Gasteiger partial charge on any atom is -0.383 e. The molecule has 1 rings (SSSR count). The molecule has 4 heteroatoms. The summed E-state index contributed by atoms with van der Waals surface area (Å²) in [6, 6.07) is 8.04. The molecular weight excluding hydrogens is 254 g/mol. The second-order valence-electron chi connectivity index (χ2n) is 3.74. The lowest BCUT2D eigenvalue weighted by atomic mass is 10.2.